The molecule has 0 saturated carbocycles. The van der Waals surface area contributed by atoms with E-state index in [4.69, 9.17) is 4.74 Å². The molecule has 0 fully saturated rings. The first kappa shape index (κ1) is 15.1. The van der Waals surface area contributed by atoms with Gasteiger partial charge in [-0.2, -0.15) is 6.35 Å². The second-order valence-electron chi connectivity index (χ2n) is 3.66. The van der Waals surface area contributed by atoms with Crippen LogP contribution in [0.15, 0.2) is 6.33 Å². The van der Waals surface area contributed by atoms with Gasteiger partial charge in [0, 0.05) is 38.0 Å². The zero-order valence-electron chi connectivity index (χ0n) is 10.1. The maximum absolute atomic E-state index is 5.25. The molecule has 0 saturated heterocycles. The van der Waals surface area contributed by atoms with Crippen molar-refractivity contribution in [2.45, 2.75) is 20.6 Å². The number of ether oxygens (including phenoxy) is 1. The number of hydrogen-bond acceptors (Lipinski definition) is 3. The average molecular weight is 476 g/mol. The van der Waals surface area contributed by atoms with Crippen molar-refractivity contribution in [3.8, 4) is 0 Å². The molecule has 1 atom stereocenters. The molecule has 2 heterocycles. The zero-order chi connectivity index (χ0) is 11.7. The van der Waals surface area contributed by atoms with Crippen LogP contribution in [0.3, 0.4) is 0 Å². The van der Waals surface area contributed by atoms with Crippen LogP contribution in [-0.4, -0.2) is 14.5 Å². The van der Waals surface area contributed by atoms with Crippen molar-refractivity contribution >= 4 is 20.4 Å². The molecule has 0 amide bonds. The van der Waals surface area contributed by atoms with Gasteiger partial charge in [-0.15, -0.1) is 0 Å². The maximum atomic E-state index is 5.25. The van der Waals surface area contributed by atoms with Crippen molar-refractivity contribution in [1.29, 1.82) is 0 Å². The fourth-order valence-electron chi connectivity index (χ4n) is 1.84. The Kier molecular flexibility index (Phi) is 5.53. The third-order valence-electron chi connectivity index (χ3n) is 2.40. The van der Waals surface area contributed by atoms with Gasteiger partial charge in [0.25, 0.3) is 0 Å². The largest absolute Gasteiger partial charge is 0.521 e. The van der Waals surface area contributed by atoms with Gasteiger partial charge in [-0.25, -0.2) is 9.55 Å². The molecule has 7 heteroatoms. The third-order valence-corrected chi connectivity index (χ3v) is 2.59. The number of aromatic nitrogens is 4. The van der Waals surface area contributed by atoms with Gasteiger partial charge in [-0.05, 0) is 6.92 Å². The van der Waals surface area contributed by atoms with E-state index in [0.717, 1.165) is 22.7 Å². The molecule has 5 nitrogen and oxygen atoms in total. The van der Waals surface area contributed by atoms with E-state index in [1.54, 1.807) is 6.35 Å². The number of nitrogens with zero attached hydrogens (tertiary/aromatic N) is 4. The Hall–Kier alpha value is -0.00805. The standard InChI is InChI=1S/C10H15N4OP.U/c1-7-9-10(12-8(2)11-7)14(4-13(9)3)5-15-6-16;/h4,6H,5,16H2,1-3H3;. The van der Waals surface area contributed by atoms with Crippen LogP contribution in [0, 0.1) is 51.3 Å². The quantitative estimate of drug-likeness (QED) is 0.375. The van der Waals surface area contributed by atoms with Gasteiger partial charge in [0.15, 0.2) is 11.8 Å². The molecule has 0 bridgehead atoms. The van der Waals surface area contributed by atoms with Crippen molar-refractivity contribution in [2.75, 3.05) is 0 Å². The number of aryl methyl sites for hydroxylation is 3. The Bertz CT molecular complexity index is 528. The molecular formula is C10H15N4OPU. The van der Waals surface area contributed by atoms with Crippen molar-refractivity contribution in [3.05, 3.63) is 24.2 Å². The van der Waals surface area contributed by atoms with Crippen LogP contribution in [0.5, 0.6) is 0 Å². The predicted octanol–water partition coefficient (Wildman–Crippen LogP) is 0.841. The molecule has 2 rings (SSSR count). The first-order chi connectivity index (χ1) is 7.63. The summed E-state index contributed by atoms with van der Waals surface area (Å²) in [6.45, 7) is 4.34. The van der Waals surface area contributed by atoms with Gasteiger partial charge in [0.2, 0.25) is 5.82 Å². The Balaban J connectivity index is 0.00000144. The molecule has 0 aliphatic rings. The summed E-state index contributed by atoms with van der Waals surface area (Å²) >= 11 is 0. The summed E-state index contributed by atoms with van der Waals surface area (Å²) in [5.74, 6) is 0.778. The van der Waals surface area contributed by atoms with Crippen LogP contribution in [0.4, 0.5) is 0 Å². The van der Waals surface area contributed by atoms with Crippen molar-refractivity contribution in [3.63, 3.8) is 0 Å². The van der Waals surface area contributed by atoms with Crippen LogP contribution in [0.1, 0.15) is 11.5 Å². The SMILES string of the molecule is Cc1nc(C)c2c(n1)[n+](CO[CH-]P)cn2C.[U]. The van der Waals surface area contributed by atoms with Gasteiger partial charge < -0.3 is 4.74 Å². The number of rotatable bonds is 3. The number of imidazole rings is 1. The van der Waals surface area contributed by atoms with E-state index in [2.05, 4.69) is 19.2 Å². The first-order valence-corrected chi connectivity index (χ1v) is 5.65. The summed E-state index contributed by atoms with van der Waals surface area (Å²) in [6, 6.07) is 0. The van der Waals surface area contributed by atoms with Gasteiger partial charge in [0.1, 0.15) is 6.73 Å². The van der Waals surface area contributed by atoms with Crippen molar-refractivity contribution in [1.82, 2.24) is 14.5 Å². The van der Waals surface area contributed by atoms with E-state index in [1.807, 2.05) is 36.4 Å². The van der Waals surface area contributed by atoms with Gasteiger partial charge >= 0.3 is 5.65 Å². The summed E-state index contributed by atoms with van der Waals surface area (Å²) in [5, 5.41) is 0. The second kappa shape index (κ2) is 6.24. The number of fused-ring (bicyclic) bond motifs is 1. The summed E-state index contributed by atoms with van der Waals surface area (Å²) < 4.78 is 9.21. The van der Waals surface area contributed by atoms with Crippen LogP contribution >= 0.6 is 9.24 Å². The first-order valence-electron chi connectivity index (χ1n) is 4.98. The van der Waals surface area contributed by atoms with Crippen molar-refractivity contribution < 1.29 is 40.4 Å². The molecule has 0 aliphatic carbocycles. The van der Waals surface area contributed by atoms with Crippen LogP contribution < -0.4 is 4.57 Å². The third kappa shape index (κ3) is 3.06. The Morgan fingerprint density at radius 1 is 1.47 bits per heavy atom. The van der Waals surface area contributed by atoms with E-state index in [9.17, 15) is 0 Å². The topological polar surface area (TPSA) is 43.8 Å². The van der Waals surface area contributed by atoms with Crippen LogP contribution in [-0.2, 0) is 18.5 Å². The zero-order valence-corrected chi connectivity index (χ0v) is 15.5. The molecule has 0 spiro atoms. The second-order valence-corrected chi connectivity index (χ2v) is 3.93. The molecule has 1 unspecified atom stereocenters. The maximum Gasteiger partial charge on any atom is 0.307 e. The van der Waals surface area contributed by atoms with E-state index < -0.39 is 0 Å². The predicted molar refractivity (Wildman–Crippen MR) is 63.3 cm³/mol. The molecule has 0 N–H and O–H groups in total. The minimum absolute atomic E-state index is 0. The molecule has 0 aromatic carbocycles. The molecule has 0 aliphatic heterocycles. The molecule has 17 heavy (non-hydrogen) atoms. The molecule has 2 aromatic rings. The van der Waals surface area contributed by atoms with Gasteiger partial charge in [-0.3, -0.25) is 13.8 Å². The fraction of sp³-hybridized carbons (Fsp3) is 0.400. The fourth-order valence-corrected chi connectivity index (χ4v) is 1.93. The number of hydrogen-bond donors (Lipinski definition) is 0. The van der Waals surface area contributed by atoms with E-state index >= 15 is 0 Å². The smallest absolute Gasteiger partial charge is 0.307 e. The van der Waals surface area contributed by atoms with E-state index in [-0.39, 0.29) is 31.1 Å². The molecule has 0 radical (unpaired) electrons. The van der Waals surface area contributed by atoms with Gasteiger partial charge in [0.05, 0.1) is 12.7 Å². The van der Waals surface area contributed by atoms with Crippen LogP contribution in [0.25, 0.3) is 11.2 Å². The molecular weight excluding hydrogens is 461 g/mol. The minimum atomic E-state index is 0. The van der Waals surface area contributed by atoms with E-state index in [1.165, 1.54) is 0 Å². The summed E-state index contributed by atoms with van der Waals surface area (Å²) in [5.41, 5.74) is 2.93. The van der Waals surface area contributed by atoms with Gasteiger partial charge in [-0.1, -0.05) is 4.98 Å². The molecule has 2 aromatic heterocycles. The average Bonchev–Trinajstić information content (AvgIpc) is 2.52. The summed E-state index contributed by atoms with van der Waals surface area (Å²) in [4.78, 5) is 8.80. The van der Waals surface area contributed by atoms with Crippen LogP contribution in [0.2, 0.25) is 0 Å². The minimum Gasteiger partial charge on any atom is -0.521 e. The Morgan fingerprint density at radius 3 is 2.82 bits per heavy atom. The molecule has 90 valence electrons. The summed E-state index contributed by atoms with van der Waals surface area (Å²) in [6.07, 6.45) is 3.55. The normalized spacial score (nSPS) is 10.6. The Labute approximate surface area is 127 Å². The van der Waals surface area contributed by atoms with E-state index in [0.29, 0.717) is 6.73 Å². The summed E-state index contributed by atoms with van der Waals surface area (Å²) in [7, 11) is 4.39. The Morgan fingerprint density at radius 2 is 2.18 bits per heavy atom. The van der Waals surface area contributed by atoms with Crippen molar-refractivity contribution in [2.24, 2.45) is 7.05 Å². The monoisotopic (exact) mass is 476 g/mol.